The number of benzene rings is 1. The molecule has 0 N–H and O–H groups in total. The van der Waals surface area contributed by atoms with Crippen molar-refractivity contribution in [3.8, 4) is 0 Å². The average Bonchev–Trinajstić information content (AvgIpc) is 3.07. The topological polar surface area (TPSA) is 78.9 Å². The first-order chi connectivity index (χ1) is 16.5. The summed E-state index contributed by atoms with van der Waals surface area (Å²) in [6.07, 6.45) is 4.57. The predicted molar refractivity (Wildman–Crippen MR) is 133 cm³/mol. The number of para-hydroxylation sites is 1. The standard InChI is InChI=1S/C26H37N5O3/c1-4-34-24(33)17-21-10-5-6-12-31(21)18-23-27-25-19(2)9-7-11-22(25)26(28-23)30-14-8-13-29(15-16-30)20(3)32/h7,9,11,21H,4-6,8,10,12-18H2,1-3H3/t21-/m0/s1. The molecule has 2 aliphatic rings. The van der Waals surface area contributed by atoms with E-state index in [9.17, 15) is 9.59 Å². The van der Waals surface area contributed by atoms with E-state index in [0.29, 0.717) is 26.1 Å². The molecule has 0 aliphatic carbocycles. The van der Waals surface area contributed by atoms with E-state index in [-0.39, 0.29) is 17.9 Å². The van der Waals surface area contributed by atoms with Crippen LogP contribution in [-0.4, -0.2) is 77.0 Å². The van der Waals surface area contributed by atoms with Crippen LogP contribution in [0.3, 0.4) is 0 Å². The molecule has 184 valence electrons. The maximum absolute atomic E-state index is 12.2. The molecule has 1 atom stereocenters. The summed E-state index contributed by atoms with van der Waals surface area (Å²) in [5.41, 5.74) is 2.11. The first-order valence-electron chi connectivity index (χ1n) is 12.6. The highest BCUT2D eigenvalue weighted by Gasteiger charge is 2.27. The summed E-state index contributed by atoms with van der Waals surface area (Å²) in [5.74, 6) is 1.74. The highest BCUT2D eigenvalue weighted by atomic mass is 16.5. The van der Waals surface area contributed by atoms with Gasteiger partial charge in [-0.2, -0.15) is 0 Å². The largest absolute Gasteiger partial charge is 0.466 e. The number of anilines is 1. The lowest BCUT2D eigenvalue weighted by Crippen LogP contribution is -2.41. The van der Waals surface area contributed by atoms with Gasteiger partial charge in [0, 0.05) is 44.5 Å². The van der Waals surface area contributed by atoms with Crippen molar-refractivity contribution in [1.82, 2.24) is 19.8 Å². The zero-order valence-electron chi connectivity index (χ0n) is 20.8. The second-order valence-corrected chi connectivity index (χ2v) is 9.41. The summed E-state index contributed by atoms with van der Waals surface area (Å²) < 4.78 is 5.22. The molecule has 2 saturated heterocycles. The number of piperidine rings is 1. The number of aryl methyl sites for hydroxylation is 1. The zero-order valence-corrected chi connectivity index (χ0v) is 20.8. The Bertz CT molecular complexity index is 1030. The Kier molecular flexibility index (Phi) is 7.98. The summed E-state index contributed by atoms with van der Waals surface area (Å²) >= 11 is 0. The zero-order chi connectivity index (χ0) is 24.1. The number of carbonyl (C=O) groups excluding carboxylic acids is 2. The summed E-state index contributed by atoms with van der Waals surface area (Å²) in [6.45, 7) is 10.7. The summed E-state index contributed by atoms with van der Waals surface area (Å²) in [6, 6.07) is 6.41. The number of fused-ring (bicyclic) bond motifs is 1. The van der Waals surface area contributed by atoms with Gasteiger partial charge < -0.3 is 14.5 Å². The molecule has 8 heteroatoms. The van der Waals surface area contributed by atoms with Crippen LogP contribution >= 0.6 is 0 Å². The number of amides is 1. The Hall–Kier alpha value is -2.74. The van der Waals surface area contributed by atoms with Gasteiger partial charge >= 0.3 is 5.97 Å². The molecule has 4 rings (SSSR count). The van der Waals surface area contributed by atoms with Gasteiger partial charge in [-0.15, -0.1) is 0 Å². The number of hydrogen-bond donors (Lipinski definition) is 0. The van der Waals surface area contributed by atoms with Gasteiger partial charge in [-0.1, -0.05) is 18.6 Å². The van der Waals surface area contributed by atoms with Crippen molar-refractivity contribution in [3.63, 3.8) is 0 Å². The van der Waals surface area contributed by atoms with Crippen LogP contribution in [0.5, 0.6) is 0 Å². The number of likely N-dealkylation sites (tertiary alicyclic amines) is 1. The lowest BCUT2D eigenvalue weighted by molar-refractivity contribution is -0.145. The minimum atomic E-state index is -0.130. The Morgan fingerprint density at radius 3 is 2.71 bits per heavy atom. The quantitative estimate of drug-likeness (QED) is 0.603. The van der Waals surface area contributed by atoms with E-state index in [4.69, 9.17) is 14.7 Å². The van der Waals surface area contributed by atoms with Gasteiger partial charge in [0.2, 0.25) is 5.91 Å². The number of nitrogens with zero attached hydrogens (tertiary/aromatic N) is 5. The SMILES string of the molecule is CCOC(=O)C[C@@H]1CCCCN1Cc1nc(N2CCCN(C(C)=O)CC2)c2cccc(C)c2n1. The molecule has 3 heterocycles. The Balaban J connectivity index is 1.62. The van der Waals surface area contributed by atoms with Crippen LogP contribution in [0.25, 0.3) is 10.9 Å². The van der Waals surface area contributed by atoms with Crippen molar-refractivity contribution in [1.29, 1.82) is 0 Å². The molecule has 2 fully saturated rings. The van der Waals surface area contributed by atoms with Crippen LogP contribution in [0.15, 0.2) is 18.2 Å². The predicted octanol–water partition coefficient (Wildman–Crippen LogP) is 3.30. The van der Waals surface area contributed by atoms with E-state index in [0.717, 1.165) is 80.0 Å². The Labute approximate surface area is 202 Å². The molecule has 34 heavy (non-hydrogen) atoms. The Morgan fingerprint density at radius 1 is 1.06 bits per heavy atom. The van der Waals surface area contributed by atoms with Crippen molar-refractivity contribution in [2.45, 2.75) is 65.5 Å². The van der Waals surface area contributed by atoms with Crippen molar-refractivity contribution in [2.75, 3.05) is 44.2 Å². The second kappa shape index (κ2) is 11.1. The van der Waals surface area contributed by atoms with Crippen LogP contribution in [0.4, 0.5) is 5.82 Å². The van der Waals surface area contributed by atoms with Gasteiger partial charge in [0.1, 0.15) is 11.6 Å². The van der Waals surface area contributed by atoms with E-state index in [1.165, 1.54) is 0 Å². The third-order valence-electron chi connectivity index (χ3n) is 7.00. The third-order valence-corrected chi connectivity index (χ3v) is 7.00. The first kappa shape index (κ1) is 24.4. The van der Waals surface area contributed by atoms with Gasteiger partial charge in [0.15, 0.2) is 0 Å². The molecule has 0 radical (unpaired) electrons. The molecular formula is C26H37N5O3. The smallest absolute Gasteiger partial charge is 0.307 e. The number of esters is 1. The van der Waals surface area contributed by atoms with Crippen LogP contribution in [0.1, 0.15) is 57.3 Å². The van der Waals surface area contributed by atoms with Crippen molar-refractivity contribution >= 4 is 28.6 Å². The molecule has 1 amide bonds. The molecule has 0 saturated carbocycles. The fourth-order valence-corrected chi connectivity index (χ4v) is 5.17. The molecule has 0 spiro atoms. The molecule has 2 aliphatic heterocycles. The van der Waals surface area contributed by atoms with Crippen molar-refractivity contribution < 1.29 is 14.3 Å². The van der Waals surface area contributed by atoms with Crippen molar-refractivity contribution in [3.05, 3.63) is 29.6 Å². The fraction of sp³-hybridized carbons (Fsp3) is 0.615. The number of carbonyl (C=O) groups is 2. The van der Waals surface area contributed by atoms with Gasteiger partial charge in [0.05, 0.1) is 25.1 Å². The molecule has 8 nitrogen and oxygen atoms in total. The number of aromatic nitrogens is 2. The van der Waals surface area contributed by atoms with Crippen LogP contribution in [0.2, 0.25) is 0 Å². The van der Waals surface area contributed by atoms with E-state index in [1.54, 1.807) is 6.92 Å². The fourth-order valence-electron chi connectivity index (χ4n) is 5.17. The highest BCUT2D eigenvalue weighted by molar-refractivity contribution is 5.91. The van der Waals surface area contributed by atoms with E-state index in [2.05, 4.69) is 34.9 Å². The second-order valence-electron chi connectivity index (χ2n) is 9.41. The summed E-state index contributed by atoms with van der Waals surface area (Å²) in [7, 11) is 0. The van der Waals surface area contributed by atoms with Gasteiger partial charge in [-0.25, -0.2) is 9.97 Å². The molecule has 2 aromatic rings. The van der Waals surface area contributed by atoms with E-state index < -0.39 is 0 Å². The summed E-state index contributed by atoms with van der Waals surface area (Å²) in [4.78, 5) is 40.7. The monoisotopic (exact) mass is 467 g/mol. The van der Waals surface area contributed by atoms with Crippen LogP contribution < -0.4 is 4.90 Å². The number of hydrogen-bond acceptors (Lipinski definition) is 7. The van der Waals surface area contributed by atoms with E-state index in [1.807, 2.05) is 11.8 Å². The number of rotatable bonds is 6. The minimum Gasteiger partial charge on any atom is -0.466 e. The lowest BCUT2D eigenvalue weighted by atomic mass is 9.99. The third kappa shape index (κ3) is 5.66. The molecular weight excluding hydrogens is 430 g/mol. The minimum absolute atomic E-state index is 0.128. The number of ether oxygens (including phenoxy) is 1. The highest BCUT2D eigenvalue weighted by Crippen LogP contribution is 2.29. The molecule has 0 bridgehead atoms. The van der Waals surface area contributed by atoms with Crippen molar-refractivity contribution in [2.24, 2.45) is 0 Å². The van der Waals surface area contributed by atoms with Crippen LogP contribution in [0, 0.1) is 6.92 Å². The summed E-state index contributed by atoms with van der Waals surface area (Å²) in [5, 5.41) is 1.06. The van der Waals surface area contributed by atoms with Gasteiger partial charge in [-0.3, -0.25) is 14.5 Å². The van der Waals surface area contributed by atoms with Gasteiger partial charge in [0.25, 0.3) is 0 Å². The maximum atomic E-state index is 12.2. The van der Waals surface area contributed by atoms with Gasteiger partial charge in [-0.05, 0) is 51.3 Å². The normalized spacial score (nSPS) is 19.8. The van der Waals surface area contributed by atoms with E-state index >= 15 is 0 Å². The van der Waals surface area contributed by atoms with Crippen LogP contribution in [-0.2, 0) is 20.9 Å². The molecule has 1 aromatic heterocycles. The first-order valence-corrected chi connectivity index (χ1v) is 12.6. The lowest BCUT2D eigenvalue weighted by Gasteiger charge is -2.35. The average molecular weight is 468 g/mol. The molecule has 0 unspecified atom stereocenters. The maximum Gasteiger partial charge on any atom is 0.307 e. The molecule has 1 aromatic carbocycles. The Morgan fingerprint density at radius 2 is 1.91 bits per heavy atom.